The molecule has 0 bridgehead atoms. The molecule has 2 aromatic heterocycles. The Kier molecular flexibility index (Phi) is 3.40. The van der Waals surface area contributed by atoms with Crippen LogP contribution in [-0.4, -0.2) is 27.3 Å². The Morgan fingerprint density at radius 3 is 2.89 bits per heavy atom. The monoisotopic (exact) mass is 258 g/mol. The molecule has 2 aromatic rings. The predicted octanol–water partition coefficient (Wildman–Crippen LogP) is 2.79. The molecule has 98 valence electrons. The predicted molar refractivity (Wildman–Crippen MR) is 61.5 cm³/mol. The smallest absolute Gasteiger partial charge is 0.353 e. The van der Waals surface area contributed by atoms with Crippen LogP contribution in [0, 0.1) is 6.92 Å². The first-order valence-electron chi connectivity index (χ1n) is 5.58. The first-order chi connectivity index (χ1) is 8.44. The van der Waals surface area contributed by atoms with E-state index in [-0.39, 0.29) is 13.0 Å². The Bertz CT molecular complexity index is 533. The molecule has 0 aliphatic rings. The minimum Gasteiger partial charge on any atom is -0.353 e. The molecule has 0 spiro atoms. The summed E-state index contributed by atoms with van der Waals surface area (Å²) in [6.45, 7) is 2.14. The number of pyridine rings is 1. The highest BCUT2D eigenvalue weighted by molar-refractivity contribution is 5.45. The summed E-state index contributed by atoms with van der Waals surface area (Å²) >= 11 is 0. The van der Waals surface area contributed by atoms with Gasteiger partial charge in [0, 0.05) is 19.2 Å². The van der Waals surface area contributed by atoms with Gasteiger partial charge in [-0.05, 0) is 31.0 Å². The fourth-order valence-corrected chi connectivity index (χ4v) is 1.55. The molecule has 0 radical (unpaired) electrons. The number of fused-ring (bicyclic) bond motifs is 1. The fraction of sp³-hybridized carbons (Fsp3) is 0.455. The van der Waals surface area contributed by atoms with Crippen molar-refractivity contribution >= 4 is 11.6 Å². The average molecular weight is 258 g/mol. The second kappa shape index (κ2) is 4.83. The summed E-state index contributed by atoms with van der Waals surface area (Å²) < 4.78 is 37.4. The van der Waals surface area contributed by atoms with E-state index in [0.29, 0.717) is 11.6 Å². The first kappa shape index (κ1) is 12.7. The summed E-state index contributed by atoms with van der Waals surface area (Å²) in [6, 6.07) is 3.74. The van der Waals surface area contributed by atoms with Gasteiger partial charge < -0.3 is 5.32 Å². The number of anilines is 1. The summed E-state index contributed by atoms with van der Waals surface area (Å²) in [6.07, 6.45) is -3.13. The lowest BCUT2D eigenvalue weighted by molar-refractivity contribution is -0.134. The maximum absolute atomic E-state index is 11.9. The van der Waals surface area contributed by atoms with Crippen LogP contribution in [0.5, 0.6) is 0 Å². The lowest BCUT2D eigenvalue weighted by Crippen LogP contribution is -2.11. The van der Waals surface area contributed by atoms with Gasteiger partial charge in [0.2, 0.25) is 5.95 Å². The molecule has 1 N–H and O–H groups in total. The van der Waals surface area contributed by atoms with E-state index in [1.165, 1.54) is 0 Å². The van der Waals surface area contributed by atoms with E-state index in [2.05, 4.69) is 15.4 Å². The largest absolute Gasteiger partial charge is 0.389 e. The quantitative estimate of drug-likeness (QED) is 0.857. The third-order valence-corrected chi connectivity index (χ3v) is 2.41. The van der Waals surface area contributed by atoms with E-state index in [4.69, 9.17) is 0 Å². The highest BCUT2D eigenvalue weighted by Crippen LogP contribution is 2.21. The van der Waals surface area contributed by atoms with Gasteiger partial charge in [0.1, 0.15) is 0 Å². The van der Waals surface area contributed by atoms with Gasteiger partial charge >= 0.3 is 6.18 Å². The van der Waals surface area contributed by atoms with Crippen molar-refractivity contribution in [2.45, 2.75) is 25.9 Å². The Labute approximate surface area is 102 Å². The van der Waals surface area contributed by atoms with Crippen molar-refractivity contribution in [1.82, 2.24) is 14.6 Å². The highest BCUT2D eigenvalue weighted by atomic mass is 19.4. The second-order valence-electron chi connectivity index (χ2n) is 4.09. The van der Waals surface area contributed by atoms with E-state index < -0.39 is 12.6 Å². The standard InChI is InChI=1S/C11H13F3N4/c1-8-3-6-18-9(7-8)16-10(17-18)15-5-2-4-11(12,13)14/h3,6-7H,2,4-5H2,1H3,(H,15,17). The van der Waals surface area contributed by atoms with Crippen LogP contribution in [0.15, 0.2) is 18.3 Å². The van der Waals surface area contributed by atoms with Crippen LogP contribution in [0.1, 0.15) is 18.4 Å². The molecule has 18 heavy (non-hydrogen) atoms. The van der Waals surface area contributed by atoms with E-state index in [9.17, 15) is 13.2 Å². The summed E-state index contributed by atoms with van der Waals surface area (Å²) in [4.78, 5) is 4.17. The van der Waals surface area contributed by atoms with Gasteiger partial charge in [-0.25, -0.2) is 4.52 Å². The van der Waals surface area contributed by atoms with Crippen molar-refractivity contribution in [3.05, 3.63) is 23.9 Å². The fourth-order valence-electron chi connectivity index (χ4n) is 1.55. The number of nitrogens with zero attached hydrogens (tertiary/aromatic N) is 3. The Morgan fingerprint density at radius 1 is 1.39 bits per heavy atom. The van der Waals surface area contributed by atoms with Gasteiger partial charge in [0.05, 0.1) is 0 Å². The van der Waals surface area contributed by atoms with Crippen molar-refractivity contribution in [2.75, 3.05) is 11.9 Å². The Hall–Kier alpha value is -1.79. The minimum atomic E-state index is -4.11. The molecule has 4 nitrogen and oxygen atoms in total. The molecule has 0 aromatic carbocycles. The molecule has 0 aliphatic carbocycles. The average Bonchev–Trinajstić information content (AvgIpc) is 2.65. The van der Waals surface area contributed by atoms with Crippen LogP contribution in [0.25, 0.3) is 5.65 Å². The van der Waals surface area contributed by atoms with Crippen LogP contribution in [0.3, 0.4) is 0 Å². The summed E-state index contributed by atoms with van der Waals surface area (Å²) in [5.74, 6) is 0.350. The number of alkyl halides is 3. The number of aryl methyl sites for hydroxylation is 1. The molecule has 0 unspecified atom stereocenters. The van der Waals surface area contributed by atoms with Crippen LogP contribution in [0.4, 0.5) is 19.1 Å². The molecule has 0 fully saturated rings. The number of aromatic nitrogens is 3. The van der Waals surface area contributed by atoms with Crippen molar-refractivity contribution in [3.8, 4) is 0 Å². The maximum Gasteiger partial charge on any atom is 0.389 e. The molecule has 0 amide bonds. The molecule has 0 saturated heterocycles. The van der Waals surface area contributed by atoms with Crippen molar-refractivity contribution in [2.24, 2.45) is 0 Å². The molecular weight excluding hydrogens is 245 g/mol. The first-order valence-corrected chi connectivity index (χ1v) is 5.58. The number of halogens is 3. The molecule has 0 saturated carbocycles. The lowest BCUT2D eigenvalue weighted by Gasteiger charge is -2.05. The van der Waals surface area contributed by atoms with Crippen LogP contribution < -0.4 is 5.32 Å². The van der Waals surface area contributed by atoms with Gasteiger partial charge in [-0.1, -0.05) is 0 Å². The third kappa shape index (κ3) is 3.35. The van der Waals surface area contributed by atoms with E-state index >= 15 is 0 Å². The van der Waals surface area contributed by atoms with Crippen LogP contribution >= 0.6 is 0 Å². The highest BCUT2D eigenvalue weighted by Gasteiger charge is 2.25. The van der Waals surface area contributed by atoms with E-state index in [1.54, 1.807) is 10.7 Å². The van der Waals surface area contributed by atoms with E-state index in [1.807, 2.05) is 19.1 Å². The summed E-state index contributed by atoms with van der Waals surface area (Å²) in [5.41, 5.74) is 1.73. The molecular formula is C11H13F3N4. The SMILES string of the molecule is Cc1ccn2nc(NCCCC(F)(F)F)nc2c1. The van der Waals surface area contributed by atoms with Gasteiger partial charge in [-0.2, -0.15) is 18.2 Å². The number of nitrogens with one attached hydrogen (secondary N) is 1. The maximum atomic E-state index is 11.9. The summed E-state index contributed by atoms with van der Waals surface area (Å²) in [5, 5.41) is 6.88. The van der Waals surface area contributed by atoms with Crippen LogP contribution in [-0.2, 0) is 0 Å². The molecule has 2 heterocycles. The van der Waals surface area contributed by atoms with Gasteiger partial charge in [0.25, 0.3) is 0 Å². The molecule has 0 aliphatic heterocycles. The zero-order valence-electron chi connectivity index (χ0n) is 9.83. The molecule has 2 rings (SSSR count). The zero-order chi connectivity index (χ0) is 13.2. The summed E-state index contributed by atoms with van der Waals surface area (Å²) in [7, 11) is 0. The molecule has 0 atom stereocenters. The zero-order valence-corrected chi connectivity index (χ0v) is 9.83. The van der Waals surface area contributed by atoms with Gasteiger partial charge in [-0.15, -0.1) is 5.10 Å². The number of hydrogen-bond acceptors (Lipinski definition) is 3. The third-order valence-electron chi connectivity index (χ3n) is 2.41. The number of hydrogen-bond donors (Lipinski definition) is 1. The van der Waals surface area contributed by atoms with Crippen molar-refractivity contribution in [1.29, 1.82) is 0 Å². The Morgan fingerprint density at radius 2 is 2.17 bits per heavy atom. The lowest BCUT2D eigenvalue weighted by atomic mass is 10.3. The second-order valence-corrected chi connectivity index (χ2v) is 4.09. The van der Waals surface area contributed by atoms with Gasteiger partial charge in [-0.3, -0.25) is 0 Å². The minimum absolute atomic E-state index is 0.0120. The topological polar surface area (TPSA) is 42.2 Å². The van der Waals surface area contributed by atoms with Gasteiger partial charge in [0.15, 0.2) is 5.65 Å². The normalized spacial score (nSPS) is 12.0. The Balaban J connectivity index is 1.92. The van der Waals surface area contributed by atoms with E-state index in [0.717, 1.165) is 5.56 Å². The molecule has 7 heteroatoms. The van der Waals surface area contributed by atoms with Crippen molar-refractivity contribution in [3.63, 3.8) is 0 Å². The van der Waals surface area contributed by atoms with Crippen LogP contribution in [0.2, 0.25) is 0 Å². The van der Waals surface area contributed by atoms with Crippen molar-refractivity contribution < 1.29 is 13.2 Å². The number of rotatable bonds is 4.